The quantitative estimate of drug-likeness (QED) is 0.397. The molecular weight excluding hydrogens is 424 g/mol. The molecule has 5 rings (SSSR count). The fourth-order valence-corrected chi connectivity index (χ4v) is 10.6. The van der Waals surface area contributed by atoms with E-state index in [0.29, 0.717) is 12.3 Å². The van der Waals surface area contributed by atoms with Gasteiger partial charge in [-0.1, -0.05) is 60.1 Å². The fourth-order valence-electron chi connectivity index (χ4n) is 10.6. The number of allylic oxidation sites excluding steroid dienone is 2. The Morgan fingerprint density at radius 3 is 2.18 bits per heavy atom. The second-order valence-corrected chi connectivity index (χ2v) is 15.1. The first-order valence-electron chi connectivity index (χ1n) is 13.9. The predicted molar refractivity (Wildman–Crippen MR) is 134 cm³/mol. The van der Waals surface area contributed by atoms with Crippen LogP contribution in [-0.4, -0.2) is 33.5 Å². The first-order chi connectivity index (χ1) is 15.6. The molecule has 9 atom stereocenters. The number of aliphatic carboxylic acids is 1. The van der Waals surface area contributed by atoms with Crippen LogP contribution in [0.3, 0.4) is 0 Å². The van der Waals surface area contributed by atoms with Crippen molar-refractivity contribution >= 4 is 5.97 Å². The van der Waals surface area contributed by atoms with E-state index < -0.39 is 23.6 Å². The Kier molecular flexibility index (Phi) is 5.20. The summed E-state index contributed by atoms with van der Waals surface area (Å²) in [6, 6.07) is 0. The first-order valence-corrected chi connectivity index (χ1v) is 13.9. The number of aliphatic hydroxyl groups is 2. The van der Waals surface area contributed by atoms with Crippen LogP contribution in [0.2, 0.25) is 0 Å². The molecule has 0 amide bonds. The third-order valence-electron chi connectivity index (χ3n) is 13.2. The van der Waals surface area contributed by atoms with Crippen LogP contribution in [-0.2, 0) is 4.79 Å². The average molecular weight is 473 g/mol. The first kappa shape index (κ1) is 24.8. The van der Waals surface area contributed by atoms with Gasteiger partial charge in [-0.05, 0) is 90.8 Å². The van der Waals surface area contributed by atoms with Gasteiger partial charge in [0.1, 0.15) is 0 Å². The molecule has 4 heteroatoms. The molecule has 4 nitrogen and oxygen atoms in total. The largest absolute Gasteiger partial charge is 0.481 e. The van der Waals surface area contributed by atoms with Crippen LogP contribution in [0.15, 0.2) is 11.6 Å². The Morgan fingerprint density at radius 1 is 0.882 bits per heavy atom. The second-order valence-electron chi connectivity index (χ2n) is 15.1. The monoisotopic (exact) mass is 472 g/mol. The molecule has 0 aliphatic heterocycles. The molecule has 192 valence electrons. The van der Waals surface area contributed by atoms with Crippen LogP contribution in [0.1, 0.15) is 106 Å². The van der Waals surface area contributed by atoms with Gasteiger partial charge in [-0.2, -0.15) is 0 Å². The minimum Gasteiger partial charge on any atom is -0.481 e. The molecule has 0 aromatic rings. The van der Waals surface area contributed by atoms with Crippen LogP contribution in [0, 0.1) is 50.2 Å². The SMILES string of the molecule is CC1(C)CCC2(C(=O)O)CCC3(C)C(=CCC4C5(C)C(O)CC(O)C(C)(C)C5CCC43C)C2C1. The molecule has 5 aliphatic rings. The van der Waals surface area contributed by atoms with E-state index in [1.165, 1.54) is 5.57 Å². The van der Waals surface area contributed by atoms with E-state index in [2.05, 4.69) is 54.5 Å². The van der Waals surface area contributed by atoms with Gasteiger partial charge in [0.25, 0.3) is 0 Å². The van der Waals surface area contributed by atoms with Gasteiger partial charge < -0.3 is 15.3 Å². The van der Waals surface area contributed by atoms with E-state index in [9.17, 15) is 20.1 Å². The van der Waals surface area contributed by atoms with Crippen molar-refractivity contribution in [3.63, 3.8) is 0 Å². The van der Waals surface area contributed by atoms with Crippen molar-refractivity contribution in [2.75, 3.05) is 0 Å². The number of carbonyl (C=O) groups is 1. The molecule has 0 aromatic heterocycles. The van der Waals surface area contributed by atoms with Crippen LogP contribution >= 0.6 is 0 Å². The van der Waals surface area contributed by atoms with Gasteiger partial charge in [-0.15, -0.1) is 0 Å². The maximum Gasteiger partial charge on any atom is 0.310 e. The molecule has 0 radical (unpaired) electrons. The lowest BCUT2D eigenvalue weighted by atomic mass is 9.33. The van der Waals surface area contributed by atoms with Gasteiger partial charge in [-0.3, -0.25) is 4.79 Å². The summed E-state index contributed by atoms with van der Waals surface area (Å²) >= 11 is 0. The number of carboxylic acids is 1. The van der Waals surface area contributed by atoms with Gasteiger partial charge in [0.15, 0.2) is 0 Å². The summed E-state index contributed by atoms with van der Waals surface area (Å²) in [5, 5.41) is 32.9. The summed E-state index contributed by atoms with van der Waals surface area (Å²) in [4.78, 5) is 12.8. The third-order valence-corrected chi connectivity index (χ3v) is 13.2. The zero-order chi connectivity index (χ0) is 25.1. The van der Waals surface area contributed by atoms with E-state index in [4.69, 9.17) is 0 Å². The van der Waals surface area contributed by atoms with Crippen molar-refractivity contribution < 1.29 is 20.1 Å². The fraction of sp³-hybridized carbons (Fsp3) is 0.900. The number of carboxylic acid groups (broad SMARTS) is 1. The van der Waals surface area contributed by atoms with E-state index in [1.54, 1.807) is 0 Å². The minimum absolute atomic E-state index is 0.0218. The number of aliphatic hydroxyl groups excluding tert-OH is 2. The number of hydrogen-bond acceptors (Lipinski definition) is 3. The summed E-state index contributed by atoms with van der Waals surface area (Å²) < 4.78 is 0. The topological polar surface area (TPSA) is 77.8 Å². The molecule has 4 saturated carbocycles. The Bertz CT molecular complexity index is 919. The standard InChI is InChI=1S/C30H48O4/c1-25(2)12-14-30(24(33)34)15-13-27(5)18(19(30)17-25)8-9-21-28(27,6)11-10-20-26(3,4)22(31)16-23(32)29(20,21)7/h8,19-23,31-32H,9-17H2,1-7H3,(H,33,34). The van der Waals surface area contributed by atoms with E-state index in [-0.39, 0.29) is 38.9 Å². The smallest absolute Gasteiger partial charge is 0.310 e. The predicted octanol–water partition coefficient (Wildman–Crippen LogP) is 6.20. The van der Waals surface area contributed by atoms with Crippen molar-refractivity contribution in [1.29, 1.82) is 0 Å². The lowest BCUT2D eigenvalue weighted by Gasteiger charge is -2.71. The highest BCUT2D eigenvalue weighted by Crippen LogP contribution is 2.75. The minimum atomic E-state index is -0.610. The summed E-state index contributed by atoms with van der Waals surface area (Å²) in [7, 11) is 0. The molecule has 0 spiro atoms. The molecule has 34 heavy (non-hydrogen) atoms. The van der Waals surface area contributed by atoms with Crippen LogP contribution in [0.5, 0.6) is 0 Å². The summed E-state index contributed by atoms with van der Waals surface area (Å²) in [5.41, 5.74) is 0.520. The van der Waals surface area contributed by atoms with Crippen LogP contribution in [0.4, 0.5) is 0 Å². The highest BCUT2D eigenvalue weighted by atomic mass is 16.4. The molecule has 0 bridgehead atoms. The summed E-state index contributed by atoms with van der Waals surface area (Å²) in [6.07, 6.45) is 9.41. The summed E-state index contributed by atoms with van der Waals surface area (Å²) in [5.74, 6) is 0.150. The lowest BCUT2D eigenvalue weighted by molar-refractivity contribution is -0.243. The van der Waals surface area contributed by atoms with Gasteiger partial charge in [0, 0.05) is 11.8 Å². The van der Waals surface area contributed by atoms with Gasteiger partial charge in [0.05, 0.1) is 17.6 Å². The van der Waals surface area contributed by atoms with Crippen molar-refractivity contribution in [1.82, 2.24) is 0 Å². The third kappa shape index (κ3) is 2.82. The lowest BCUT2D eigenvalue weighted by Crippen LogP contribution is -2.68. The Balaban J connectivity index is 1.62. The number of hydrogen-bond donors (Lipinski definition) is 3. The van der Waals surface area contributed by atoms with Crippen LogP contribution < -0.4 is 0 Å². The average Bonchev–Trinajstić information content (AvgIpc) is 2.72. The molecule has 3 N–H and O–H groups in total. The Hall–Kier alpha value is -0.870. The van der Waals surface area contributed by atoms with E-state index in [1.807, 2.05) is 0 Å². The normalized spacial score (nSPS) is 53.4. The van der Waals surface area contributed by atoms with Crippen molar-refractivity contribution in [2.24, 2.45) is 50.2 Å². The van der Waals surface area contributed by atoms with Crippen LogP contribution in [0.25, 0.3) is 0 Å². The van der Waals surface area contributed by atoms with Gasteiger partial charge in [0.2, 0.25) is 0 Å². The van der Waals surface area contributed by atoms with E-state index in [0.717, 1.165) is 51.4 Å². The van der Waals surface area contributed by atoms with E-state index >= 15 is 0 Å². The van der Waals surface area contributed by atoms with Crippen molar-refractivity contribution in [2.45, 2.75) is 118 Å². The zero-order valence-corrected chi connectivity index (χ0v) is 22.6. The molecular formula is C30H48O4. The summed E-state index contributed by atoms with van der Waals surface area (Å²) in [6.45, 7) is 16.3. The van der Waals surface area contributed by atoms with Gasteiger partial charge in [-0.25, -0.2) is 0 Å². The Morgan fingerprint density at radius 2 is 1.53 bits per heavy atom. The maximum absolute atomic E-state index is 12.8. The molecule has 0 aromatic carbocycles. The maximum atomic E-state index is 12.8. The number of rotatable bonds is 1. The zero-order valence-electron chi connectivity index (χ0n) is 22.6. The van der Waals surface area contributed by atoms with Crippen molar-refractivity contribution in [3.05, 3.63) is 11.6 Å². The molecule has 5 aliphatic carbocycles. The molecule has 0 heterocycles. The molecule has 0 saturated heterocycles. The molecule has 9 unspecified atom stereocenters. The van der Waals surface area contributed by atoms with Gasteiger partial charge >= 0.3 is 5.97 Å². The van der Waals surface area contributed by atoms with Crippen molar-refractivity contribution in [3.8, 4) is 0 Å². The highest BCUT2D eigenvalue weighted by molar-refractivity contribution is 5.76. The number of fused-ring (bicyclic) bond motifs is 7. The highest BCUT2D eigenvalue weighted by Gasteiger charge is 2.70. The second kappa shape index (κ2) is 7.12. The Labute approximate surface area is 206 Å². The molecule has 4 fully saturated rings.